The second-order valence-electron chi connectivity index (χ2n) is 3.84. The van der Waals surface area contributed by atoms with Crippen LogP contribution in [0, 0.1) is 0 Å². The quantitative estimate of drug-likeness (QED) is 0.478. The molecule has 0 unspecified atom stereocenters. The summed E-state index contributed by atoms with van der Waals surface area (Å²) >= 11 is 1.72. The average Bonchev–Trinajstić information content (AvgIpc) is 2.97. The summed E-state index contributed by atoms with van der Waals surface area (Å²) in [6.07, 6.45) is 6.62. The SMILES string of the molecule is CN=C(NCc1ccsc1)NC1CC=CC1. The van der Waals surface area contributed by atoms with Gasteiger partial charge in [0.1, 0.15) is 0 Å². The normalized spacial score (nSPS) is 16.7. The van der Waals surface area contributed by atoms with Crippen molar-refractivity contribution in [3.63, 3.8) is 0 Å². The first kappa shape index (κ1) is 11.2. The number of aliphatic imine (C=N–C) groups is 1. The molecule has 86 valence electrons. The molecule has 16 heavy (non-hydrogen) atoms. The van der Waals surface area contributed by atoms with Crippen molar-refractivity contribution >= 4 is 17.3 Å². The molecule has 1 aromatic rings. The van der Waals surface area contributed by atoms with Gasteiger partial charge in [-0.3, -0.25) is 4.99 Å². The Hall–Kier alpha value is -1.29. The summed E-state index contributed by atoms with van der Waals surface area (Å²) in [7, 11) is 1.81. The zero-order chi connectivity index (χ0) is 11.2. The number of hydrogen-bond donors (Lipinski definition) is 2. The Kier molecular flexibility index (Phi) is 3.99. The predicted octanol–water partition coefficient (Wildman–Crippen LogP) is 2.13. The zero-order valence-corrected chi connectivity index (χ0v) is 10.3. The lowest BCUT2D eigenvalue weighted by atomic mass is 10.2. The van der Waals surface area contributed by atoms with Crippen molar-refractivity contribution < 1.29 is 0 Å². The summed E-state index contributed by atoms with van der Waals surface area (Å²) in [5.41, 5.74) is 1.30. The Bertz CT molecular complexity index is 360. The highest BCUT2D eigenvalue weighted by Gasteiger charge is 2.11. The van der Waals surface area contributed by atoms with Gasteiger partial charge >= 0.3 is 0 Å². The summed E-state index contributed by atoms with van der Waals surface area (Å²) in [6.45, 7) is 0.837. The van der Waals surface area contributed by atoms with E-state index in [0.29, 0.717) is 6.04 Å². The Morgan fingerprint density at radius 3 is 2.94 bits per heavy atom. The molecule has 1 aliphatic carbocycles. The van der Waals surface area contributed by atoms with Gasteiger partial charge in [0.2, 0.25) is 0 Å². The standard InChI is InChI=1S/C12H17N3S/c1-13-12(15-11-4-2-3-5-11)14-8-10-6-7-16-9-10/h2-3,6-7,9,11H,4-5,8H2,1H3,(H2,13,14,15). The van der Waals surface area contributed by atoms with Gasteiger partial charge in [-0.1, -0.05) is 12.2 Å². The van der Waals surface area contributed by atoms with E-state index < -0.39 is 0 Å². The number of nitrogens with one attached hydrogen (secondary N) is 2. The molecule has 0 atom stereocenters. The Morgan fingerprint density at radius 2 is 2.31 bits per heavy atom. The molecule has 0 aromatic carbocycles. The lowest BCUT2D eigenvalue weighted by Gasteiger charge is -2.16. The highest BCUT2D eigenvalue weighted by atomic mass is 32.1. The first-order valence-corrected chi connectivity index (χ1v) is 6.46. The van der Waals surface area contributed by atoms with Crippen LogP contribution in [0.2, 0.25) is 0 Å². The molecule has 0 saturated carbocycles. The molecule has 3 nitrogen and oxygen atoms in total. The van der Waals surface area contributed by atoms with Crippen LogP contribution >= 0.6 is 11.3 Å². The van der Waals surface area contributed by atoms with Crippen LogP contribution in [0.15, 0.2) is 34.0 Å². The fourth-order valence-corrected chi connectivity index (χ4v) is 2.37. The average molecular weight is 235 g/mol. The molecule has 2 N–H and O–H groups in total. The minimum Gasteiger partial charge on any atom is -0.353 e. The van der Waals surface area contributed by atoms with Gasteiger partial charge in [0, 0.05) is 19.6 Å². The van der Waals surface area contributed by atoms with E-state index in [9.17, 15) is 0 Å². The van der Waals surface area contributed by atoms with E-state index in [1.807, 2.05) is 7.05 Å². The molecule has 0 amide bonds. The monoisotopic (exact) mass is 235 g/mol. The van der Waals surface area contributed by atoms with Crippen LogP contribution < -0.4 is 10.6 Å². The first-order chi connectivity index (χ1) is 7.88. The van der Waals surface area contributed by atoms with Gasteiger partial charge in [-0.15, -0.1) is 0 Å². The van der Waals surface area contributed by atoms with Crippen molar-refractivity contribution in [3.05, 3.63) is 34.5 Å². The van der Waals surface area contributed by atoms with Crippen molar-refractivity contribution in [2.75, 3.05) is 7.05 Å². The fourth-order valence-electron chi connectivity index (χ4n) is 1.70. The van der Waals surface area contributed by atoms with Crippen LogP contribution in [0.1, 0.15) is 18.4 Å². The molecular weight excluding hydrogens is 218 g/mol. The van der Waals surface area contributed by atoms with Crippen molar-refractivity contribution in [2.24, 2.45) is 4.99 Å². The third-order valence-corrected chi connectivity index (χ3v) is 3.34. The summed E-state index contributed by atoms with van der Waals surface area (Å²) in [4.78, 5) is 4.22. The largest absolute Gasteiger partial charge is 0.353 e. The second kappa shape index (κ2) is 5.70. The molecular formula is C12H17N3S. The van der Waals surface area contributed by atoms with Gasteiger partial charge in [0.15, 0.2) is 5.96 Å². The van der Waals surface area contributed by atoms with Gasteiger partial charge in [-0.25, -0.2) is 0 Å². The third kappa shape index (κ3) is 3.10. The zero-order valence-electron chi connectivity index (χ0n) is 9.44. The van der Waals surface area contributed by atoms with Crippen molar-refractivity contribution in [1.82, 2.24) is 10.6 Å². The highest BCUT2D eigenvalue weighted by Crippen LogP contribution is 2.09. The molecule has 0 saturated heterocycles. The van der Waals surface area contributed by atoms with Crippen molar-refractivity contribution in [2.45, 2.75) is 25.4 Å². The number of thiophene rings is 1. The maximum Gasteiger partial charge on any atom is 0.191 e. The molecule has 1 aromatic heterocycles. The van der Waals surface area contributed by atoms with Gasteiger partial charge in [0.05, 0.1) is 0 Å². The van der Waals surface area contributed by atoms with E-state index >= 15 is 0 Å². The van der Waals surface area contributed by atoms with Crippen LogP contribution in [-0.2, 0) is 6.54 Å². The Balaban J connectivity index is 1.77. The highest BCUT2D eigenvalue weighted by molar-refractivity contribution is 7.07. The van der Waals surface area contributed by atoms with E-state index in [2.05, 4.69) is 44.6 Å². The summed E-state index contributed by atoms with van der Waals surface area (Å²) in [5, 5.41) is 11.0. The lowest BCUT2D eigenvalue weighted by Crippen LogP contribution is -2.42. The van der Waals surface area contributed by atoms with Crippen LogP contribution in [0.4, 0.5) is 0 Å². The molecule has 0 aliphatic heterocycles. The maximum atomic E-state index is 4.22. The van der Waals surface area contributed by atoms with Gasteiger partial charge in [-0.05, 0) is 35.2 Å². The number of rotatable bonds is 3. The fraction of sp³-hybridized carbons (Fsp3) is 0.417. The molecule has 0 fully saturated rings. The molecule has 1 aliphatic rings. The molecule has 1 heterocycles. The molecule has 4 heteroatoms. The minimum absolute atomic E-state index is 0.508. The van der Waals surface area contributed by atoms with E-state index in [4.69, 9.17) is 0 Å². The number of hydrogen-bond acceptors (Lipinski definition) is 2. The molecule has 0 bridgehead atoms. The molecule has 0 radical (unpaired) electrons. The topological polar surface area (TPSA) is 36.4 Å². The second-order valence-corrected chi connectivity index (χ2v) is 4.62. The van der Waals surface area contributed by atoms with E-state index in [1.165, 1.54) is 5.56 Å². The molecule has 2 rings (SSSR count). The summed E-state index contributed by atoms with van der Waals surface area (Å²) in [6, 6.07) is 2.64. The van der Waals surface area contributed by atoms with Crippen molar-refractivity contribution in [3.8, 4) is 0 Å². The number of nitrogens with zero attached hydrogens (tertiary/aromatic N) is 1. The molecule has 0 spiro atoms. The smallest absolute Gasteiger partial charge is 0.191 e. The van der Waals surface area contributed by atoms with Gasteiger partial charge in [0.25, 0.3) is 0 Å². The minimum atomic E-state index is 0.508. The van der Waals surface area contributed by atoms with Crippen molar-refractivity contribution in [1.29, 1.82) is 0 Å². The summed E-state index contributed by atoms with van der Waals surface area (Å²) in [5.74, 6) is 0.889. The van der Waals surface area contributed by atoms with Crippen LogP contribution in [0.5, 0.6) is 0 Å². The first-order valence-electron chi connectivity index (χ1n) is 5.52. The van der Waals surface area contributed by atoms with Crippen LogP contribution in [0.3, 0.4) is 0 Å². The van der Waals surface area contributed by atoms with Gasteiger partial charge in [-0.2, -0.15) is 11.3 Å². The lowest BCUT2D eigenvalue weighted by molar-refractivity contribution is 0.633. The van der Waals surface area contributed by atoms with Gasteiger partial charge < -0.3 is 10.6 Å². The van der Waals surface area contributed by atoms with Crippen LogP contribution in [-0.4, -0.2) is 19.0 Å². The van der Waals surface area contributed by atoms with Crippen LogP contribution in [0.25, 0.3) is 0 Å². The number of guanidine groups is 1. The van der Waals surface area contributed by atoms with E-state index in [-0.39, 0.29) is 0 Å². The Morgan fingerprint density at radius 1 is 1.50 bits per heavy atom. The Labute approximate surface area is 100 Å². The predicted molar refractivity (Wildman–Crippen MR) is 69.8 cm³/mol. The summed E-state index contributed by atoms with van der Waals surface area (Å²) < 4.78 is 0. The maximum absolute atomic E-state index is 4.22. The van der Waals surface area contributed by atoms with E-state index in [0.717, 1.165) is 25.3 Å². The third-order valence-electron chi connectivity index (χ3n) is 2.61. The van der Waals surface area contributed by atoms with E-state index in [1.54, 1.807) is 11.3 Å².